The molecule has 0 bridgehead atoms. The van der Waals surface area contributed by atoms with Crippen LogP contribution in [-0.4, -0.2) is 18.4 Å². The molecular formula is C20H20N2O2S. The number of benzene rings is 2. The van der Waals surface area contributed by atoms with Crippen LogP contribution >= 0.6 is 11.3 Å². The number of nitrogens with one attached hydrogen (secondary N) is 2. The molecule has 2 N–H and O–H groups in total. The second-order valence-corrected chi connectivity index (χ2v) is 6.79. The minimum atomic E-state index is -0.134. The molecule has 1 atom stereocenters. The van der Waals surface area contributed by atoms with Crippen molar-refractivity contribution in [3.63, 3.8) is 0 Å². The van der Waals surface area contributed by atoms with Crippen molar-refractivity contribution in [3.05, 3.63) is 70.4 Å². The van der Waals surface area contributed by atoms with E-state index in [-0.39, 0.29) is 24.3 Å². The number of thiophene rings is 1. The maximum absolute atomic E-state index is 12.2. The SMILES string of the molecule is C[C@@H](NC(=O)CCNC(=O)c1cccs1)c1cccc2ccccc12. The van der Waals surface area contributed by atoms with Gasteiger partial charge < -0.3 is 10.6 Å². The van der Waals surface area contributed by atoms with Crippen molar-refractivity contribution >= 4 is 33.9 Å². The molecule has 0 saturated carbocycles. The number of fused-ring (bicyclic) bond motifs is 1. The van der Waals surface area contributed by atoms with Gasteiger partial charge in [0.15, 0.2) is 0 Å². The van der Waals surface area contributed by atoms with Gasteiger partial charge in [-0.05, 0) is 34.7 Å². The van der Waals surface area contributed by atoms with Gasteiger partial charge >= 0.3 is 0 Å². The van der Waals surface area contributed by atoms with E-state index in [9.17, 15) is 9.59 Å². The van der Waals surface area contributed by atoms with Gasteiger partial charge in [0.2, 0.25) is 5.91 Å². The summed E-state index contributed by atoms with van der Waals surface area (Å²) in [5.41, 5.74) is 1.09. The van der Waals surface area contributed by atoms with Crippen LogP contribution in [0, 0.1) is 0 Å². The zero-order chi connectivity index (χ0) is 17.6. The molecule has 0 unspecified atom stereocenters. The molecule has 3 rings (SSSR count). The van der Waals surface area contributed by atoms with Crippen LogP contribution in [0.15, 0.2) is 60.0 Å². The predicted octanol–water partition coefficient (Wildman–Crippen LogP) is 3.90. The lowest BCUT2D eigenvalue weighted by atomic mass is 9.99. The van der Waals surface area contributed by atoms with Crippen molar-refractivity contribution < 1.29 is 9.59 Å². The molecule has 4 nitrogen and oxygen atoms in total. The fourth-order valence-electron chi connectivity index (χ4n) is 2.80. The van der Waals surface area contributed by atoms with Crippen LogP contribution < -0.4 is 10.6 Å². The molecule has 1 heterocycles. The van der Waals surface area contributed by atoms with E-state index in [1.165, 1.54) is 11.3 Å². The van der Waals surface area contributed by atoms with E-state index in [4.69, 9.17) is 0 Å². The Morgan fingerprint density at radius 2 is 1.84 bits per heavy atom. The Hall–Kier alpha value is -2.66. The summed E-state index contributed by atoms with van der Waals surface area (Å²) < 4.78 is 0. The number of hydrogen-bond acceptors (Lipinski definition) is 3. The van der Waals surface area contributed by atoms with E-state index in [2.05, 4.69) is 28.8 Å². The molecule has 0 fully saturated rings. The molecule has 0 aliphatic carbocycles. The van der Waals surface area contributed by atoms with E-state index in [1.807, 2.05) is 42.6 Å². The first-order valence-corrected chi connectivity index (χ1v) is 9.12. The van der Waals surface area contributed by atoms with Crippen molar-refractivity contribution in [2.45, 2.75) is 19.4 Å². The number of rotatable bonds is 6. The molecule has 128 valence electrons. The average Bonchev–Trinajstić information content (AvgIpc) is 3.16. The van der Waals surface area contributed by atoms with Crippen LogP contribution in [0.25, 0.3) is 10.8 Å². The van der Waals surface area contributed by atoms with Crippen LogP contribution in [0.5, 0.6) is 0 Å². The van der Waals surface area contributed by atoms with E-state index < -0.39 is 0 Å². The van der Waals surface area contributed by atoms with Crippen LogP contribution in [-0.2, 0) is 4.79 Å². The molecule has 0 saturated heterocycles. The maximum Gasteiger partial charge on any atom is 0.261 e. The smallest absolute Gasteiger partial charge is 0.261 e. The lowest BCUT2D eigenvalue weighted by Crippen LogP contribution is -2.31. The highest BCUT2D eigenvalue weighted by Crippen LogP contribution is 2.24. The summed E-state index contributed by atoms with van der Waals surface area (Å²) in [6.07, 6.45) is 0.256. The molecule has 0 radical (unpaired) electrons. The minimum absolute atomic E-state index is 0.0769. The van der Waals surface area contributed by atoms with Crippen LogP contribution in [0.2, 0.25) is 0 Å². The Labute approximate surface area is 150 Å². The molecule has 5 heteroatoms. The standard InChI is InChI=1S/C20H20N2O2S/c1-14(16-9-4-7-15-6-2-3-8-17(15)16)22-19(23)11-12-21-20(24)18-10-5-13-25-18/h2-10,13-14H,11-12H2,1H3,(H,21,24)(H,22,23)/t14-/m1/s1. The third kappa shape index (κ3) is 4.25. The Morgan fingerprint density at radius 1 is 1.04 bits per heavy atom. The Balaban J connectivity index is 1.54. The van der Waals surface area contributed by atoms with Crippen LogP contribution in [0.1, 0.15) is 34.6 Å². The first-order valence-electron chi connectivity index (χ1n) is 8.24. The second kappa shape index (κ2) is 7.94. The normalized spacial score (nSPS) is 11.9. The van der Waals surface area contributed by atoms with Gasteiger partial charge in [0, 0.05) is 13.0 Å². The van der Waals surface area contributed by atoms with E-state index in [1.54, 1.807) is 6.07 Å². The Bertz CT molecular complexity index is 869. The molecule has 1 aromatic heterocycles. The summed E-state index contributed by atoms with van der Waals surface area (Å²) in [7, 11) is 0. The zero-order valence-electron chi connectivity index (χ0n) is 14.0. The van der Waals surface area contributed by atoms with Gasteiger partial charge in [0.05, 0.1) is 10.9 Å². The minimum Gasteiger partial charge on any atom is -0.351 e. The van der Waals surface area contributed by atoms with Crippen molar-refractivity contribution in [1.82, 2.24) is 10.6 Å². The lowest BCUT2D eigenvalue weighted by Gasteiger charge is -2.16. The number of carbonyl (C=O) groups excluding carboxylic acids is 2. The summed E-state index contributed by atoms with van der Waals surface area (Å²) in [5, 5.41) is 9.93. The van der Waals surface area contributed by atoms with E-state index >= 15 is 0 Å². The molecule has 0 aliphatic heterocycles. The van der Waals surface area contributed by atoms with Gasteiger partial charge in [-0.2, -0.15) is 0 Å². The monoisotopic (exact) mass is 352 g/mol. The molecule has 2 aromatic carbocycles. The number of amides is 2. The van der Waals surface area contributed by atoms with Crippen LogP contribution in [0.4, 0.5) is 0 Å². The summed E-state index contributed by atoms with van der Waals surface area (Å²) in [6, 6.07) is 17.7. The van der Waals surface area contributed by atoms with Gasteiger partial charge in [-0.25, -0.2) is 0 Å². The lowest BCUT2D eigenvalue weighted by molar-refractivity contribution is -0.121. The Morgan fingerprint density at radius 3 is 2.64 bits per heavy atom. The zero-order valence-corrected chi connectivity index (χ0v) is 14.8. The summed E-state index contributed by atoms with van der Waals surface area (Å²) in [4.78, 5) is 24.7. The average molecular weight is 352 g/mol. The first kappa shape index (κ1) is 17.2. The largest absolute Gasteiger partial charge is 0.351 e. The highest BCUT2D eigenvalue weighted by molar-refractivity contribution is 7.12. The number of carbonyl (C=O) groups is 2. The first-order chi connectivity index (χ1) is 12.1. The van der Waals surface area contributed by atoms with Gasteiger partial charge in [0.25, 0.3) is 5.91 Å². The predicted molar refractivity (Wildman–Crippen MR) is 102 cm³/mol. The highest BCUT2D eigenvalue weighted by atomic mass is 32.1. The topological polar surface area (TPSA) is 58.2 Å². The van der Waals surface area contributed by atoms with Crippen molar-refractivity contribution in [2.24, 2.45) is 0 Å². The molecule has 3 aromatic rings. The second-order valence-electron chi connectivity index (χ2n) is 5.84. The fraction of sp³-hybridized carbons (Fsp3) is 0.200. The van der Waals surface area contributed by atoms with Crippen molar-refractivity contribution in [2.75, 3.05) is 6.54 Å². The molecule has 2 amide bonds. The van der Waals surface area contributed by atoms with E-state index in [0.29, 0.717) is 11.4 Å². The maximum atomic E-state index is 12.2. The summed E-state index contributed by atoms with van der Waals surface area (Å²) in [6.45, 7) is 2.30. The quantitative estimate of drug-likeness (QED) is 0.707. The molecule has 25 heavy (non-hydrogen) atoms. The van der Waals surface area contributed by atoms with Gasteiger partial charge in [0.1, 0.15) is 0 Å². The van der Waals surface area contributed by atoms with E-state index in [0.717, 1.165) is 16.3 Å². The van der Waals surface area contributed by atoms with Crippen molar-refractivity contribution in [1.29, 1.82) is 0 Å². The van der Waals surface area contributed by atoms with Gasteiger partial charge in [-0.15, -0.1) is 11.3 Å². The third-order valence-electron chi connectivity index (χ3n) is 4.05. The Kier molecular flexibility index (Phi) is 5.46. The van der Waals surface area contributed by atoms with Crippen LogP contribution in [0.3, 0.4) is 0 Å². The highest BCUT2D eigenvalue weighted by Gasteiger charge is 2.13. The van der Waals surface area contributed by atoms with Crippen molar-refractivity contribution in [3.8, 4) is 0 Å². The summed E-state index contributed by atoms with van der Waals surface area (Å²) >= 11 is 1.39. The fourth-order valence-corrected chi connectivity index (χ4v) is 3.44. The third-order valence-corrected chi connectivity index (χ3v) is 4.92. The molecular weight excluding hydrogens is 332 g/mol. The van der Waals surface area contributed by atoms with Gasteiger partial charge in [-0.3, -0.25) is 9.59 Å². The summed E-state index contributed by atoms with van der Waals surface area (Å²) in [5.74, 6) is -0.211. The molecule has 0 aliphatic rings. The number of hydrogen-bond donors (Lipinski definition) is 2. The molecule has 0 spiro atoms. The van der Waals surface area contributed by atoms with Gasteiger partial charge in [-0.1, -0.05) is 48.5 Å².